The van der Waals surface area contributed by atoms with E-state index in [0.29, 0.717) is 5.88 Å². The van der Waals surface area contributed by atoms with E-state index >= 15 is 0 Å². The van der Waals surface area contributed by atoms with Gasteiger partial charge in [-0.1, -0.05) is 31.2 Å². The summed E-state index contributed by atoms with van der Waals surface area (Å²) in [5, 5.41) is 0. The fraction of sp³-hybridized carbons (Fsp3) is 0.538. The molecule has 0 radical (unpaired) electrons. The van der Waals surface area contributed by atoms with Crippen LogP contribution in [0.2, 0.25) is 6.04 Å². The molecule has 18 heavy (non-hydrogen) atoms. The minimum Gasteiger partial charge on any atom is -0.377 e. The van der Waals surface area contributed by atoms with Gasteiger partial charge in [-0.3, -0.25) is 0 Å². The quantitative estimate of drug-likeness (QED) is 0.568. The standard InChI is InChI=1S/C13H21ClO3Si/c1-11(10-18(15-2,16-3)17-4)13-8-6-5-7-12(13)9-14/h5-8,11H,9-10H2,1-4H3. The van der Waals surface area contributed by atoms with Crippen LogP contribution in [0.4, 0.5) is 0 Å². The summed E-state index contributed by atoms with van der Waals surface area (Å²) in [6.45, 7) is 2.14. The third-order valence-electron chi connectivity index (χ3n) is 3.22. The van der Waals surface area contributed by atoms with Crippen LogP contribution in [-0.4, -0.2) is 30.1 Å². The Hall–Kier alpha value is -0.393. The van der Waals surface area contributed by atoms with Crippen molar-refractivity contribution in [2.24, 2.45) is 0 Å². The van der Waals surface area contributed by atoms with Crippen LogP contribution in [0.25, 0.3) is 0 Å². The predicted molar refractivity (Wildman–Crippen MR) is 76.0 cm³/mol. The van der Waals surface area contributed by atoms with Gasteiger partial charge in [0.1, 0.15) is 0 Å². The van der Waals surface area contributed by atoms with Crippen molar-refractivity contribution in [1.29, 1.82) is 0 Å². The van der Waals surface area contributed by atoms with Gasteiger partial charge < -0.3 is 13.3 Å². The Morgan fingerprint density at radius 1 is 1.11 bits per heavy atom. The van der Waals surface area contributed by atoms with E-state index in [9.17, 15) is 0 Å². The highest BCUT2D eigenvalue weighted by atomic mass is 35.5. The second kappa shape index (κ2) is 7.26. The van der Waals surface area contributed by atoms with Crippen molar-refractivity contribution >= 4 is 20.4 Å². The highest BCUT2D eigenvalue weighted by Gasteiger charge is 2.39. The molecule has 0 aliphatic carbocycles. The van der Waals surface area contributed by atoms with Crippen LogP contribution in [0.3, 0.4) is 0 Å². The topological polar surface area (TPSA) is 27.7 Å². The minimum atomic E-state index is -2.54. The SMILES string of the molecule is CO[Si](CC(C)c1ccccc1CCl)(OC)OC. The van der Waals surface area contributed by atoms with Crippen LogP contribution in [0.15, 0.2) is 24.3 Å². The highest BCUT2D eigenvalue weighted by molar-refractivity contribution is 6.60. The van der Waals surface area contributed by atoms with Crippen molar-refractivity contribution in [1.82, 2.24) is 0 Å². The predicted octanol–water partition coefficient (Wildman–Crippen LogP) is 3.41. The summed E-state index contributed by atoms with van der Waals surface area (Å²) in [6, 6.07) is 8.92. The molecule has 0 bridgehead atoms. The van der Waals surface area contributed by atoms with Gasteiger partial charge in [0.05, 0.1) is 0 Å². The lowest BCUT2D eigenvalue weighted by Gasteiger charge is -2.28. The normalized spacial score (nSPS) is 13.6. The number of halogens is 1. The first-order valence-corrected chi connectivity index (χ1v) is 8.38. The smallest absolute Gasteiger partial charge is 0.377 e. The van der Waals surface area contributed by atoms with E-state index in [-0.39, 0.29) is 5.92 Å². The molecule has 0 saturated heterocycles. The zero-order valence-corrected chi connectivity index (χ0v) is 13.2. The molecule has 0 heterocycles. The first kappa shape index (κ1) is 15.7. The summed E-state index contributed by atoms with van der Waals surface area (Å²) in [5.74, 6) is 0.800. The van der Waals surface area contributed by atoms with E-state index in [4.69, 9.17) is 24.9 Å². The molecular formula is C13H21ClO3Si. The Morgan fingerprint density at radius 2 is 1.67 bits per heavy atom. The molecule has 1 aromatic rings. The average molecular weight is 289 g/mol. The maximum atomic E-state index is 5.97. The van der Waals surface area contributed by atoms with E-state index < -0.39 is 8.80 Å². The van der Waals surface area contributed by atoms with Crippen molar-refractivity contribution in [3.05, 3.63) is 35.4 Å². The van der Waals surface area contributed by atoms with Gasteiger partial charge >= 0.3 is 8.80 Å². The van der Waals surface area contributed by atoms with E-state index in [0.717, 1.165) is 11.6 Å². The van der Waals surface area contributed by atoms with Gasteiger partial charge in [-0.05, 0) is 17.0 Å². The zero-order chi connectivity index (χ0) is 13.6. The van der Waals surface area contributed by atoms with E-state index in [1.54, 1.807) is 21.3 Å². The molecule has 1 unspecified atom stereocenters. The number of benzene rings is 1. The highest BCUT2D eigenvalue weighted by Crippen LogP contribution is 2.30. The molecular weight excluding hydrogens is 268 g/mol. The van der Waals surface area contributed by atoms with E-state index in [2.05, 4.69) is 19.1 Å². The van der Waals surface area contributed by atoms with Gasteiger partial charge in [-0.25, -0.2) is 0 Å². The summed E-state index contributed by atoms with van der Waals surface area (Å²) >= 11 is 5.97. The Morgan fingerprint density at radius 3 is 2.17 bits per heavy atom. The summed E-state index contributed by atoms with van der Waals surface area (Å²) in [4.78, 5) is 0. The van der Waals surface area contributed by atoms with Crippen molar-refractivity contribution in [2.45, 2.75) is 24.8 Å². The van der Waals surface area contributed by atoms with E-state index in [1.807, 2.05) is 12.1 Å². The van der Waals surface area contributed by atoms with Crippen molar-refractivity contribution in [3.63, 3.8) is 0 Å². The van der Waals surface area contributed by atoms with Crippen LogP contribution in [0, 0.1) is 0 Å². The fourth-order valence-corrected chi connectivity index (χ4v) is 4.33. The molecule has 0 fully saturated rings. The largest absolute Gasteiger partial charge is 0.500 e. The molecule has 102 valence electrons. The third kappa shape index (κ3) is 3.55. The molecule has 0 N–H and O–H groups in total. The Kier molecular flexibility index (Phi) is 6.32. The Balaban J connectivity index is 2.90. The Labute approximate surface area is 115 Å². The van der Waals surface area contributed by atoms with Gasteiger partial charge in [0.15, 0.2) is 0 Å². The first-order valence-electron chi connectivity index (χ1n) is 5.91. The van der Waals surface area contributed by atoms with Gasteiger partial charge in [-0.2, -0.15) is 0 Å². The van der Waals surface area contributed by atoms with Gasteiger partial charge in [-0.15, -0.1) is 11.6 Å². The zero-order valence-electron chi connectivity index (χ0n) is 11.4. The van der Waals surface area contributed by atoms with Crippen LogP contribution in [-0.2, 0) is 19.2 Å². The number of hydrogen-bond donors (Lipinski definition) is 0. The fourth-order valence-electron chi connectivity index (χ4n) is 2.12. The molecule has 5 heteroatoms. The summed E-state index contributed by atoms with van der Waals surface area (Å²) < 4.78 is 16.4. The summed E-state index contributed by atoms with van der Waals surface area (Å²) in [5.41, 5.74) is 2.38. The van der Waals surface area contributed by atoms with Gasteiger partial charge in [0.2, 0.25) is 0 Å². The molecule has 0 spiro atoms. The molecule has 1 rings (SSSR count). The maximum absolute atomic E-state index is 5.97. The molecule has 0 saturated carbocycles. The third-order valence-corrected chi connectivity index (χ3v) is 6.49. The molecule has 3 nitrogen and oxygen atoms in total. The van der Waals surface area contributed by atoms with Crippen molar-refractivity contribution in [2.75, 3.05) is 21.3 Å². The molecule has 1 atom stereocenters. The van der Waals surface area contributed by atoms with Gasteiger partial charge in [0, 0.05) is 33.3 Å². The van der Waals surface area contributed by atoms with Crippen LogP contribution < -0.4 is 0 Å². The molecule has 1 aromatic carbocycles. The Bertz CT molecular complexity index is 361. The lowest BCUT2D eigenvalue weighted by molar-refractivity contribution is 0.122. The molecule has 0 aliphatic rings. The molecule has 0 aromatic heterocycles. The molecule has 0 aliphatic heterocycles. The number of alkyl halides is 1. The maximum Gasteiger partial charge on any atom is 0.500 e. The monoisotopic (exact) mass is 288 g/mol. The van der Waals surface area contributed by atoms with Gasteiger partial charge in [0.25, 0.3) is 0 Å². The average Bonchev–Trinajstić information content (AvgIpc) is 2.44. The minimum absolute atomic E-state index is 0.284. The number of hydrogen-bond acceptors (Lipinski definition) is 3. The molecule has 0 amide bonds. The van der Waals surface area contributed by atoms with Crippen LogP contribution in [0.5, 0.6) is 0 Å². The van der Waals surface area contributed by atoms with E-state index in [1.165, 1.54) is 5.56 Å². The lowest BCUT2D eigenvalue weighted by Crippen LogP contribution is -2.43. The van der Waals surface area contributed by atoms with Crippen molar-refractivity contribution < 1.29 is 13.3 Å². The van der Waals surface area contributed by atoms with Crippen LogP contribution >= 0.6 is 11.6 Å². The van der Waals surface area contributed by atoms with Crippen molar-refractivity contribution in [3.8, 4) is 0 Å². The second-order valence-corrected chi connectivity index (χ2v) is 7.50. The lowest BCUT2D eigenvalue weighted by atomic mass is 9.98. The second-order valence-electron chi connectivity index (χ2n) is 4.23. The number of rotatable bonds is 7. The van der Waals surface area contributed by atoms with Crippen LogP contribution in [0.1, 0.15) is 24.0 Å². The summed E-state index contributed by atoms with van der Waals surface area (Å²) in [7, 11) is 2.37. The first-order chi connectivity index (χ1) is 8.62. The summed E-state index contributed by atoms with van der Waals surface area (Å²) in [6.07, 6.45) is 0.